The van der Waals surface area contributed by atoms with Gasteiger partial charge in [0.2, 0.25) is 0 Å². The minimum Gasteiger partial charge on any atom is -0.452 e. The number of carbonyl (C=O) groups excluding carboxylic acids is 2. The maximum atomic E-state index is 12.8. The van der Waals surface area contributed by atoms with Crippen LogP contribution in [0.2, 0.25) is 0 Å². The molecule has 0 saturated heterocycles. The first-order valence-electron chi connectivity index (χ1n) is 9.10. The molecule has 2 aromatic carbocycles. The first-order chi connectivity index (χ1) is 14.4. The molecule has 1 amide bonds. The van der Waals surface area contributed by atoms with Crippen molar-refractivity contribution in [1.29, 1.82) is 0 Å². The molecule has 0 saturated carbocycles. The number of nitrogens with one attached hydrogen (secondary N) is 2. The van der Waals surface area contributed by atoms with Crippen LogP contribution in [0.5, 0.6) is 0 Å². The number of rotatable bonds is 11. The Morgan fingerprint density at radius 2 is 1.87 bits per heavy atom. The average Bonchev–Trinajstić information content (AvgIpc) is 2.73. The monoisotopic (exact) mass is 419 g/mol. The summed E-state index contributed by atoms with van der Waals surface area (Å²) in [5.74, 6) is -1.71. The number of nitro groups is 1. The molecule has 2 rings (SSSR count). The molecule has 160 valence electrons. The molecule has 0 aliphatic heterocycles. The zero-order valence-electron chi connectivity index (χ0n) is 16.4. The van der Waals surface area contributed by atoms with E-state index in [1.165, 1.54) is 31.4 Å². The molecule has 0 aliphatic carbocycles. The number of carbonyl (C=O) groups is 2. The predicted molar refractivity (Wildman–Crippen MR) is 107 cm³/mol. The van der Waals surface area contributed by atoms with Crippen LogP contribution < -0.4 is 10.6 Å². The van der Waals surface area contributed by atoms with Crippen LogP contribution in [0.25, 0.3) is 0 Å². The fourth-order valence-electron chi connectivity index (χ4n) is 2.51. The Kier molecular flexibility index (Phi) is 8.70. The molecule has 0 aliphatic rings. The number of nitrogens with zero attached hydrogens (tertiary/aromatic N) is 1. The third kappa shape index (κ3) is 7.13. The maximum Gasteiger partial charge on any atom is 0.338 e. The van der Waals surface area contributed by atoms with Crippen LogP contribution >= 0.6 is 0 Å². The zero-order chi connectivity index (χ0) is 21.9. The number of benzene rings is 2. The molecule has 0 fully saturated rings. The van der Waals surface area contributed by atoms with E-state index in [0.717, 1.165) is 11.6 Å². The van der Waals surface area contributed by atoms with E-state index in [1.807, 2.05) is 0 Å². The second kappa shape index (κ2) is 11.5. The van der Waals surface area contributed by atoms with Gasteiger partial charge in [-0.25, -0.2) is 9.18 Å². The van der Waals surface area contributed by atoms with Crippen molar-refractivity contribution in [1.82, 2.24) is 5.32 Å². The molecule has 0 bridgehead atoms. The normalized spacial score (nSPS) is 10.3. The summed E-state index contributed by atoms with van der Waals surface area (Å²) in [4.78, 5) is 34.6. The fraction of sp³-hybridized carbons (Fsp3) is 0.300. The highest BCUT2D eigenvalue weighted by atomic mass is 19.1. The van der Waals surface area contributed by atoms with Crippen molar-refractivity contribution < 1.29 is 28.4 Å². The van der Waals surface area contributed by atoms with Crippen LogP contribution in [0, 0.1) is 15.9 Å². The standard InChI is InChI=1S/C20H22FN3O6/c1-29-11-10-22-17-7-4-15(12-18(17)24(27)28)20(26)30-13-19(25)23-9-8-14-2-5-16(21)6-3-14/h2-7,12,22H,8-11,13H2,1H3,(H,23,25). The lowest BCUT2D eigenvalue weighted by molar-refractivity contribution is -0.384. The van der Waals surface area contributed by atoms with Gasteiger partial charge in [0, 0.05) is 26.3 Å². The molecular weight excluding hydrogens is 397 g/mol. The molecule has 10 heteroatoms. The summed E-state index contributed by atoms with van der Waals surface area (Å²) in [6.07, 6.45) is 0.490. The minimum absolute atomic E-state index is 0.0434. The molecule has 0 atom stereocenters. The van der Waals surface area contributed by atoms with Crippen LogP contribution in [-0.4, -0.2) is 50.2 Å². The van der Waals surface area contributed by atoms with Crippen LogP contribution in [0.4, 0.5) is 15.8 Å². The van der Waals surface area contributed by atoms with Gasteiger partial charge in [-0.2, -0.15) is 0 Å². The molecule has 2 N–H and O–H groups in total. The molecule has 0 unspecified atom stereocenters. The SMILES string of the molecule is COCCNc1ccc(C(=O)OCC(=O)NCCc2ccc(F)cc2)cc1[N+](=O)[O-]. The number of amides is 1. The van der Waals surface area contributed by atoms with Crippen LogP contribution in [-0.2, 0) is 20.7 Å². The summed E-state index contributed by atoms with van der Waals surface area (Å²) >= 11 is 0. The Morgan fingerprint density at radius 3 is 2.53 bits per heavy atom. The summed E-state index contributed by atoms with van der Waals surface area (Å²) in [5.41, 5.74) is 0.759. The van der Waals surface area contributed by atoms with Crippen molar-refractivity contribution in [3.63, 3.8) is 0 Å². The maximum absolute atomic E-state index is 12.8. The number of halogens is 1. The Morgan fingerprint density at radius 1 is 1.13 bits per heavy atom. The predicted octanol–water partition coefficient (Wildman–Crippen LogP) is 2.31. The molecule has 30 heavy (non-hydrogen) atoms. The van der Waals surface area contributed by atoms with Gasteiger partial charge >= 0.3 is 5.97 Å². The third-order valence-corrected chi connectivity index (χ3v) is 4.04. The lowest BCUT2D eigenvalue weighted by atomic mass is 10.1. The van der Waals surface area contributed by atoms with Gasteiger partial charge in [-0.1, -0.05) is 12.1 Å². The Hall–Kier alpha value is -3.53. The number of esters is 1. The number of hydrogen-bond acceptors (Lipinski definition) is 7. The van der Waals surface area contributed by atoms with Crippen molar-refractivity contribution in [3.8, 4) is 0 Å². The van der Waals surface area contributed by atoms with E-state index in [9.17, 15) is 24.1 Å². The Bertz CT molecular complexity index is 889. The van der Waals surface area contributed by atoms with Crippen LogP contribution in [0.3, 0.4) is 0 Å². The highest BCUT2D eigenvalue weighted by molar-refractivity contribution is 5.93. The second-order valence-corrected chi connectivity index (χ2v) is 6.21. The van der Waals surface area contributed by atoms with Gasteiger partial charge in [0.25, 0.3) is 11.6 Å². The van der Waals surface area contributed by atoms with Crippen LogP contribution in [0.15, 0.2) is 42.5 Å². The van der Waals surface area contributed by atoms with Gasteiger partial charge < -0.3 is 20.1 Å². The summed E-state index contributed by atoms with van der Waals surface area (Å²) in [5, 5.41) is 16.7. The van der Waals surface area contributed by atoms with E-state index >= 15 is 0 Å². The summed E-state index contributed by atoms with van der Waals surface area (Å²) in [7, 11) is 1.51. The van der Waals surface area contributed by atoms with E-state index in [-0.39, 0.29) is 29.3 Å². The largest absolute Gasteiger partial charge is 0.452 e. The zero-order valence-corrected chi connectivity index (χ0v) is 16.4. The summed E-state index contributed by atoms with van der Waals surface area (Å²) in [6.45, 7) is 0.482. The number of nitro benzene ring substituents is 1. The third-order valence-electron chi connectivity index (χ3n) is 4.04. The average molecular weight is 419 g/mol. The van der Waals surface area contributed by atoms with E-state index < -0.39 is 23.4 Å². The number of hydrogen-bond donors (Lipinski definition) is 2. The first kappa shape index (κ1) is 22.8. The van der Waals surface area contributed by atoms with Crippen molar-refractivity contribution in [2.24, 2.45) is 0 Å². The van der Waals surface area contributed by atoms with Gasteiger partial charge in [0.05, 0.1) is 17.1 Å². The topological polar surface area (TPSA) is 120 Å². The molecule has 0 heterocycles. The highest BCUT2D eigenvalue weighted by Crippen LogP contribution is 2.25. The number of anilines is 1. The molecule has 0 spiro atoms. The van der Waals surface area contributed by atoms with E-state index in [0.29, 0.717) is 19.6 Å². The lowest BCUT2D eigenvalue weighted by Gasteiger charge is -2.09. The van der Waals surface area contributed by atoms with E-state index in [4.69, 9.17) is 9.47 Å². The molecule has 0 radical (unpaired) electrons. The second-order valence-electron chi connectivity index (χ2n) is 6.21. The summed E-state index contributed by atoms with van der Waals surface area (Å²) in [6, 6.07) is 9.74. The summed E-state index contributed by atoms with van der Waals surface area (Å²) < 4.78 is 22.6. The van der Waals surface area contributed by atoms with Gasteiger partial charge in [0.1, 0.15) is 11.5 Å². The quantitative estimate of drug-likeness (QED) is 0.248. The van der Waals surface area contributed by atoms with Crippen LogP contribution in [0.1, 0.15) is 15.9 Å². The van der Waals surface area contributed by atoms with Crippen molar-refractivity contribution in [2.75, 3.05) is 38.7 Å². The fourth-order valence-corrected chi connectivity index (χ4v) is 2.51. The number of ether oxygens (including phenoxy) is 2. The van der Waals surface area contributed by atoms with Gasteiger partial charge in [0.15, 0.2) is 6.61 Å². The van der Waals surface area contributed by atoms with E-state index in [1.54, 1.807) is 12.1 Å². The number of methoxy groups -OCH3 is 1. The molecule has 9 nitrogen and oxygen atoms in total. The molecular formula is C20H22FN3O6. The van der Waals surface area contributed by atoms with Crippen molar-refractivity contribution >= 4 is 23.3 Å². The van der Waals surface area contributed by atoms with Crippen molar-refractivity contribution in [2.45, 2.75) is 6.42 Å². The van der Waals surface area contributed by atoms with Gasteiger partial charge in [-0.05, 0) is 36.2 Å². The smallest absolute Gasteiger partial charge is 0.338 e. The molecule has 0 aromatic heterocycles. The van der Waals surface area contributed by atoms with Gasteiger partial charge in [-0.15, -0.1) is 0 Å². The Labute approximate surface area is 172 Å². The lowest BCUT2D eigenvalue weighted by Crippen LogP contribution is -2.30. The van der Waals surface area contributed by atoms with E-state index in [2.05, 4.69) is 10.6 Å². The molecule has 2 aromatic rings. The Balaban J connectivity index is 1.84. The first-order valence-corrected chi connectivity index (χ1v) is 9.10. The van der Waals surface area contributed by atoms with Crippen molar-refractivity contribution in [3.05, 3.63) is 69.5 Å². The minimum atomic E-state index is -0.852. The highest BCUT2D eigenvalue weighted by Gasteiger charge is 2.19. The van der Waals surface area contributed by atoms with Gasteiger partial charge in [-0.3, -0.25) is 14.9 Å².